The lowest BCUT2D eigenvalue weighted by molar-refractivity contribution is -0.137. The summed E-state index contributed by atoms with van der Waals surface area (Å²) in [6.07, 6.45) is 1.02. The molecule has 210 valence electrons. The normalized spacial score (nSPS) is 12.4. The predicted octanol–water partition coefficient (Wildman–Crippen LogP) is 7.86. The van der Waals surface area contributed by atoms with Crippen molar-refractivity contribution in [2.45, 2.75) is 70.0 Å². The Morgan fingerprint density at radius 2 is 1.46 bits per heavy atom. The average Bonchev–Trinajstić information content (AvgIpc) is 2.85. The van der Waals surface area contributed by atoms with Crippen molar-refractivity contribution in [2.24, 2.45) is 0 Å². The fraction of sp³-hybridized carbons (Fsp3) is 0.400. The van der Waals surface area contributed by atoms with Crippen molar-refractivity contribution in [1.29, 1.82) is 0 Å². The van der Waals surface area contributed by atoms with Crippen LogP contribution in [0.3, 0.4) is 0 Å². The SMILES string of the molecule is CCOC(=O)C(=O)c1c(S(C)(=O)=O)cc2cc(O[Si](C(C)C)(C(C)C)C(C)C)ccc2c1-c1ccc(Cl)cc1. The van der Waals surface area contributed by atoms with Crippen molar-refractivity contribution in [3.63, 3.8) is 0 Å². The zero-order valence-corrected chi connectivity index (χ0v) is 26.4. The van der Waals surface area contributed by atoms with Crippen molar-refractivity contribution in [3.8, 4) is 16.9 Å². The van der Waals surface area contributed by atoms with Gasteiger partial charge in [-0.1, -0.05) is 71.3 Å². The van der Waals surface area contributed by atoms with Gasteiger partial charge in [-0.3, -0.25) is 4.79 Å². The highest BCUT2D eigenvalue weighted by molar-refractivity contribution is 7.90. The Kier molecular flexibility index (Phi) is 9.35. The molecule has 0 atom stereocenters. The van der Waals surface area contributed by atoms with Crippen LogP contribution in [-0.2, 0) is 19.4 Å². The largest absolute Gasteiger partial charge is 0.543 e. The number of Topliss-reactive ketones (excluding diaryl/α,β-unsaturated/α-hetero) is 1. The second kappa shape index (κ2) is 11.8. The van der Waals surface area contributed by atoms with Crippen LogP contribution in [0.5, 0.6) is 5.75 Å². The minimum Gasteiger partial charge on any atom is -0.543 e. The summed E-state index contributed by atoms with van der Waals surface area (Å²) in [5, 5.41) is 1.67. The van der Waals surface area contributed by atoms with E-state index in [0.717, 1.165) is 6.26 Å². The second-order valence-corrected chi connectivity index (χ2v) is 18.6. The summed E-state index contributed by atoms with van der Waals surface area (Å²) >= 11 is 6.12. The van der Waals surface area contributed by atoms with E-state index in [1.54, 1.807) is 31.2 Å². The lowest BCUT2D eigenvalue weighted by Gasteiger charge is -2.42. The molecule has 0 radical (unpaired) electrons. The molecule has 0 saturated carbocycles. The molecule has 6 nitrogen and oxygen atoms in total. The summed E-state index contributed by atoms with van der Waals surface area (Å²) in [5.74, 6) is -1.48. The summed E-state index contributed by atoms with van der Waals surface area (Å²) in [4.78, 5) is 25.8. The fourth-order valence-corrected chi connectivity index (χ4v) is 12.0. The maximum Gasteiger partial charge on any atom is 0.379 e. The summed E-state index contributed by atoms with van der Waals surface area (Å²) in [7, 11) is -6.22. The van der Waals surface area contributed by atoms with E-state index in [4.69, 9.17) is 20.8 Å². The third-order valence-electron chi connectivity index (χ3n) is 7.30. The van der Waals surface area contributed by atoms with E-state index >= 15 is 0 Å². The van der Waals surface area contributed by atoms with Crippen molar-refractivity contribution in [3.05, 3.63) is 59.1 Å². The van der Waals surface area contributed by atoms with Gasteiger partial charge in [-0.25, -0.2) is 13.2 Å². The highest BCUT2D eigenvalue weighted by Gasteiger charge is 2.47. The number of esters is 1. The molecule has 3 rings (SSSR count). The molecule has 0 aliphatic rings. The van der Waals surface area contributed by atoms with Gasteiger partial charge >= 0.3 is 5.97 Å². The van der Waals surface area contributed by atoms with Gasteiger partial charge in [-0.05, 0) is 70.2 Å². The third kappa shape index (κ3) is 6.08. The van der Waals surface area contributed by atoms with Gasteiger partial charge in [0.15, 0.2) is 9.84 Å². The van der Waals surface area contributed by atoms with Crippen molar-refractivity contribution >= 4 is 52.3 Å². The Hall–Kier alpha value is -2.68. The van der Waals surface area contributed by atoms with E-state index < -0.39 is 29.9 Å². The van der Waals surface area contributed by atoms with Crippen LogP contribution < -0.4 is 4.43 Å². The summed E-state index contributed by atoms with van der Waals surface area (Å²) in [6.45, 7) is 14.7. The number of fused-ring (bicyclic) bond motifs is 1. The molecule has 39 heavy (non-hydrogen) atoms. The maximum absolute atomic E-state index is 13.4. The molecule has 0 unspecified atom stereocenters. The van der Waals surface area contributed by atoms with Crippen LogP contribution in [0.1, 0.15) is 58.8 Å². The zero-order valence-electron chi connectivity index (χ0n) is 23.8. The first-order chi connectivity index (χ1) is 18.1. The number of halogens is 1. The Morgan fingerprint density at radius 3 is 1.95 bits per heavy atom. The summed E-state index contributed by atoms with van der Waals surface area (Å²) in [5.41, 5.74) is 1.69. The molecule has 0 heterocycles. The number of ether oxygens (including phenoxy) is 1. The molecule has 0 aromatic heterocycles. The first kappa shape index (κ1) is 30.9. The monoisotopic (exact) mass is 588 g/mol. The van der Waals surface area contributed by atoms with E-state index in [2.05, 4.69) is 41.5 Å². The highest BCUT2D eigenvalue weighted by Crippen LogP contribution is 2.44. The molecule has 0 saturated heterocycles. The van der Waals surface area contributed by atoms with Gasteiger partial charge in [0.05, 0.1) is 17.1 Å². The van der Waals surface area contributed by atoms with E-state index in [1.165, 1.54) is 6.07 Å². The lowest BCUT2D eigenvalue weighted by atomic mass is 9.91. The number of carbonyl (C=O) groups is 2. The summed E-state index contributed by atoms with van der Waals surface area (Å²) < 4.78 is 37.9. The number of rotatable bonds is 10. The maximum atomic E-state index is 13.4. The number of carbonyl (C=O) groups excluding carboxylic acids is 2. The predicted molar refractivity (Wildman–Crippen MR) is 160 cm³/mol. The van der Waals surface area contributed by atoms with Gasteiger partial charge in [-0.15, -0.1) is 0 Å². The van der Waals surface area contributed by atoms with Crippen LogP contribution in [0, 0.1) is 0 Å². The zero-order chi connectivity index (χ0) is 29.3. The fourth-order valence-electron chi connectivity index (χ4n) is 5.71. The molecule has 3 aromatic carbocycles. The van der Waals surface area contributed by atoms with E-state index in [0.29, 0.717) is 49.3 Å². The third-order valence-corrected chi connectivity index (χ3v) is 14.7. The summed E-state index contributed by atoms with van der Waals surface area (Å²) in [6, 6.07) is 13.7. The Bertz CT molecular complexity index is 1470. The molecule has 0 spiro atoms. The van der Waals surface area contributed by atoms with Crippen LogP contribution in [0.25, 0.3) is 21.9 Å². The smallest absolute Gasteiger partial charge is 0.379 e. The Morgan fingerprint density at radius 1 is 0.897 bits per heavy atom. The van der Waals surface area contributed by atoms with Crippen LogP contribution >= 0.6 is 11.6 Å². The number of sulfone groups is 1. The number of hydrogen-bond acceptors (Lipinski definition) is 6. The molecule has 0 N–H and O–H groups in total. The van der Waals surface area contributed by atoms with Gasteiger partial charge in [0.2, 0.25) is 0 Å². The molecule has 3 aromatic rings. The van der Waals surface area contributed by atoms with Crippen molar-refractivity contribution in [1.82, 2.24) is 0 Å². The van der Waals surface area contributed by atoms with Crippen LogP contribution in [0.4, 0.5) is 0 Å². The van der Waals surface area contributed by atoms with Crippen molar-refractivity contribution < 1.29 is 27.2 Å². The van der Waals surface area contributed by atoms with Gasteiger partial charge in [0, 0.05) is 16.8 Å². The van der Waals surface area contributed by atoms with Gasteiger partial charge in [0.25, 0.3) is 14.1 Å². The van der Waals surface area contributed by atoms with Gasteiger partial charge < -0.3 is 9.16 Å². The Labute approximate surface area is 237 Å². The molecular formula is C30H37ClO6SSi. The second-order valence-electron chi connectivity index (χ2n) is 10.8. The van der Waals surface area contributed by atoms with E-state index in [-0.39, 0.29) is 17.1 Å². The molecule has 0 amide bonds. The first-order valence-electron chi connectivity index (χ1n) is 13.1. The average molecular weight is 589 g/mol. The molecule has 0 aliphatic heterocycles. The molecule has 9 heteroatoms. The van der Waals surface area contributed by atoms with E-state index in [1.807, 2.05) is 18.2 Å². The minimum absolute atomic E-state index is 0.0173. The molecule has 0 aliphatic carbocycles. The van der Waals surface area contributed by atoms with Crippen molar-refractivity contribution in [2.75, 3.05) is 12.9 Å². The van der Waals surface area contributed by atoms with Gasteiger partial charge in [-0.2, -0.15) is 0 Å². The standard InChI is InChI=1S/C30H37ClO6SSi/c1-9-36-30(33)29(32)28-26(38(8,34)35)17-22-16-24(37-39(18(2)3,19(4)5)20(6)7)14-15-25(22)27(28)21-10-12-23(31)13-11-21/h10-20H,9H2,1-8H3. The quantitative estimate of drug-likeness (QED) is 0.104. The molecule has 0 bridgehead atoms. The van der Waals surface area contributed by atoms with Gasteiger partial charge in [0.1, 0.15) is 5.75 Å². The lowest BCUT2D eigenvalue weighted by Crippen LogP contribution is -2.50. The molecular weight excluding hydrogens is 552 g/mol. The number of hydrogen-bond donors (Lipinski definition) is 0. The van der Waals surface area contributed by atoms with E-state index in [9.17, 15) is 18.0 Å². The number of ketones is 1. The van der Waals surface area contributed by atoms with Crippen LogP contribution in [0.2, 0.25) is 21.6 Å². The highest BCUT2D eigenvalue weighted by atomic mass is 35.5. The number of benzene rings is 3. The Balaban J connectivity index is 2.42. The van der Waals surface area contributed by atoms with Crippen LogP contribution in [0.15, 0.2) is 53.4 Å². The molecule has 0 fully saturated rings. The topological polar surface area (TPSA) is 86.7 Å². The van der Waals surface area contributed by atoms with Crippen LogP contribution in [-0.4, -0.2) is 41.4 Å². The minimum atomic E-state index is -3.93. The first-order valence-corrected chi connectivity index (χ1v) is 17.5.